The minimum Gasteiger partial charge on any atom is -0.489 e. The number of hydrogen-bond donors (Lipinski definition) is 1. The van der Waals surface area contributed by atoms with Gasteiger partial charge in [-0.25, -0.2) is 0 Å². The summed E-state index contributed by atoms with van der Waals surface area (Å²) < 4.78 is 5.63. The largest absolute Gasteiger partial charge is 0.489 e. The molecular weight excluding hydrogens is 240 g/mol. The van der Waals surface area contributed by atoms with E-state index in [9.17, 15) is 9.90 Å². The minimum absolute atomic E-state index is 0.299. The van der Waals surface area contributed by atoms with Crippen molar-refractivity contribution >= 4 is 17.6 Å². The monoisotopic (exact) mass is 252 g/mol. The molecular formula is C13H13ClO3. The summed E-state index contributed by atoms with van der Waals surface area (Å²) >= 11 is 6.12. The van der Waals surface area contributed by atoms with E-state index in [1.54, 1.807) is 12.1 Å². The van der Waals surface area contributed by atoms with Crippen LogP contribution in [0.2, 0.25) is 5.02 Å². The van der Waals surface area contributed by atoms with Gasteiger partial charge >= 0.3 is 5.97 Å². The van der Waals surface area contributed by atoms with Crippen LogP contribution in [0.3, 0.4) is 0 Å². The standard InChI is InChI=1S/C13H13ClO3/c14-10-7-8(13(5-6-13)12(15)16)1-4-11(10)17-9-2-3-9/h1,4,7,9H,2-3,5-6H2,(H,15,16). The molecule has 1 aromatic carbocycles. The predicted octanol–water partition coefficient (Wildman–Crippen LogP) is 3.00. The molecule has 2 aliphatic rings. The van der Waals surface area contributed by atoms with Gasteiger partial charge in [0.15, 0.2) is 0 Å². The van der Waals surface area contributed by atoms with Crippen LogP contribution in [-0.2, 0) is 10.2 Å². The van der Waals surface area contributed by atoms with E-state index in [0.29, 0.717) is 29.7 Å². The van der Waals surface area contributed by atoms with E-state index < -0.39 is 11.4 Å². The number of ether oxygens (including phenoxy) is 1. The molecule has 0 aromatic heterocycles. The highest BCUT2D eigenvalue weighted by Gasteiger charge is 2.51. The first-order valence-corrected chi connectivity index (χ1v) is 6.20. The fraction of sp³-hybridized carbons (Fsp3) is 0.462. The number of carboxylic acid groups (broad SMARTS) is 1. The molecule has 3 nitrogen and oxygen atoms in total. The van der Waals surface area contributed by atoms with Gasteiger partial charge in [0.05, 0.1) is 16.5 Å². The van der Waals surface area contributed by atoms with Crippen LogP contribution in [0.1, 0.15) is 31.2 Å². The molecule has 0 spiro atoms. The maximum absolute atomic E-state index is 11.2. The second-order valence-corrected chi connectivity index (χ2v) is 5.26. The zero-order valence-electron chi connectivity index (χ0n) is 9.28. The Hall–Kier alpha value is -1.22. The Morgan fingerprint density at radius 3 is 2.59 bits per heavy atom. The van der Waals surface area contributed by atoms with Crippen LogP contribution in [0, 0.1) is 0 Å². The van der Waals surface area contributed by atoms with Gasteiger partial charge in [-0.05, 0) is 43.4 Å². The fourth-order valence-corrected chi connectivity index (χ4v) is 2.24. The average Bonchev–Trinajstić information content (AvgIpc) is 3.14. The van der Waals surface area contributed by atoms with Crippen LogP contribution in [0.5, 0.6) is 5.75 Å². The molecule has 0 aliphatic heterocycles. The first kappa shape index (κ1) is 10.9. The number of carbonyl (C=O) groups is 1. The van der Waals surface area contributed by atoms with Crippen molar-refractivity contribution in [2.24, 2.45) is 0 Å². The Bertz CT molecular complexity index is 476. The first-order valence-electron chi connectivity index (χ1n) is 5.82. The van der Waals surface area contributed by atoms with Crippen LogP contribution in [0.15, 0.2) is 18.2 Å². The molecule has 2 aliphatic carbocycles. The summed E-state index contributed by atoms with van der Waals surface area (Å²) in [4.78, 5) is 11.2. The molecule has 3 rings (SSSR count). The smallest absolute Gasteiger partial charge is 0.314 e. The van der Waals surface area contributed by atoms with Crippen molar-refractivity contribution in [3.05, 3.63) is 28.8 Å². The maximum atomic E-state index is 11.2. The van der Waals surface area contributed by atoms with E-state index in [4.69, 9.17) is 16.3 Å². The molecule has 2 fully saturated rings. The summed E-state index contributed by atoms with van der Waals surface area (Å²) in [5.74, 6) is -0.0940. The zero-order valence-corrected chi connectivity index (χ0v) is 10.0. The molecule has 0 bridgehead atoms. The van der Waals surface area contributed by atoms with Crippen molar-refractivity contribution in [1.82, 2.24) is 0 Å². The highest BCUT2D eigenvalue weighted by atomic mass is 35.5. The first-order chi connectivity index (χ1) is 8.12. The fourth-order valence-electron chi connectivity index (χ4n) is 2.01. The van der Waals surface area contributed by atoms with E-state index in [0.717, 1.165) is 18.4 Å². The molecule has 0 saturated heterocycles. The van der Waals surface area contributed by atoms with Crippen molar-refractivity contribution in [3.63, 3.8) is 0 Å². The van der Waals surface area contributed by atoms with Crippen LogP contribution < -0.4 is 4.74 Å². The van der Waals surface area contributed by atoms with Crippen molar-refractivity contribution in [2.75, 3.05) is 0 Å². The number of rotatable bonds is 4. The number of hydrogen-bond acceptors (Lipinski definition) is 2. The van der Waals surface area contributed by atoms with Crippen LogP contribution in [-0.4, -0.2) is 17.2 Å². The van der Waals surface area contributed by atoms with E-state index in [1.165, 1.54) is 0 Å². The number of benzene rings is 1. The van der Waals surface area contributed by atoms with Gasteiger partial charge in [0.1, 0.15) is 5.75 Å². The van der Waals surface area contributed by atoms with E-state index >= 15 is 0 Å². The van der Waals surface area contributed by atoms with Gasteiger partial charge in [0.25, 0.3) is 0 Å². The van der Waals surface area contributed by atoms with Crippen LogP contribution in [0.25, 0.3) is 0 Å². The lowest BCUT2D eigenvalue weighted by Gasteiger charge is -2.13. The van der Waals surface area contributed by atoms with Gasteiger partial charge in [-0.3, -0.25) is 4.79 Å². The Labute approximate surface area is 104 Å². The van der Waals surface area contributed by atoms with E-state index in [-0.39, 0.29) is 0 Å². The maximum Gasteiger partial charge on any atom is 0.314 e. The van der Waals surface area contributed by atoms with Crippen LogP contribution >= 0.6 is 11.6 Å². The molecule has 90 valence electrons. The summed E-state index contributed by atoms with van der Waals surface area (Å²) in [6, 6.07) is 5.35. The van der Waals surface area contributed by atoms with Crippen molar-refractivity contribution in [2.45, 2.75) is 37.2 Å². The molecule has 1 N–H and O–H groups in total. The van der Waals surface area contributed by atoms with Gasteiger partial charge in [0.2, 0.25) is 0 Å². The van der Waals surface area contributed by atoms with Gasteiger partial charge in [-0.1, -0.05) is 17.7 Å². The molecule has 17 heavy (non-hydrogen) atoms. The predicted molar refractivity (Wildman–Crippen MR) is 63.6 cm³/mol. The van der Waals surface area contributed by atoms with Gasteiger partial charge < -0.3 is 9.84 Å². The van der Waals surface area contributed by atoms with E-state index in [2.05, 4.69) is 0 Å². The Kier molecular flexibility index (Phi) is 2.33. The summed E-state index contributed by atoms with van der Waals surface area (Å²) in [6.45, 7) is 0. The lowest BCUT2D eigenvalue weighted by Crippen LogP contribution is -2.19. The minimum atomic E-state index is -0.760. The normalized spacial score (nSPS) is 21.0. The third-order valence-electron chi connectivity index (χ3n) is 3.46. The van der Waals surface area contributed by atoms with Crippen molar-refractivity contribution in [1.29, 1.82) is 0 Å². The second-order valence-electron chi connectivity index (χ2n) is 4.85. The molecule has 0 radical (unpaired) electrons. The molecule has 0 heterocycles. The highest BCUT2D eigenvalue weighted by molar-refractivity contribution is 6.32. The summed E-state index contributed by atoms with van der Waals surface area (Å²) in [6.07, 6.45) is 3.85. The summed E-state index contributed by atoms with van der Waals surface area (Å²) in [7, 11) is 0. The third-order valence-corrected chi connectivity index (χ3v) is 3.76. The van der Waals surface area contributed by atoms with Crippen LogP contribution in [0.4, 0.5) is 0 Å². The Balaban J connectivity index is 1.87. The molecule has 0 atom stereocenters. The second kappa shape index (κ2) is 3.64. The topological polar surface area (TPSA) is 46.5 Å². The Morgan fingerprint density at radius 1 is 1.41 bits per heavy atom. The molecule has 2 saturated carbocycles. The number of carboxylic acids is 1. The van der Waals surface area contributed by atoms with Gasteiger partial charge in [0, 0.05) is 0 Å². The van der Waals surface area contributed by atoms with Crippen molar-refractivity contribution < 1.29 is 14.6 Å². The third kappa shape index (κ3) is 1.89. The Morgan fingerprint density at radius 2 is 2.12 bits per heavy atom. The van der Waals surface area contributed by atoms with Crippen molar-refractivity contribution in [3.8, 4) is 5.75 Å². The molecule has 1 aromatic rings. The summed E-state index contributed by atoms with van der Waals surface area (Å²) in [5.41, 5.74) is 0.0972. The molecule has 0 amide bonds. The SMILES string of the molecule is O=C(O)C1(c2ccc(OC3CC3)c(Cl)c2)CC1. The van der Waals surface area contributed by atoms with Gasteiger partial charge in [-0.15, -0.1) is 0 Å². The zero-order chi connectivity index (χ0) is 12.0. The lowest BCUT2D eigenvalue weighted by molar-refractivity contribution is -0.140. The number of halogens is 1. The lowest BCUT2D eigenvalue weighted by atomic mass is 9.96. The molecule has 0 unspecified atom stereocenters. The number of aliphatic carboxylic acids is 1. The molecule has 4 heteroatoms. The van der Waals surface area contributed by atoms with Gasteiger partial charge in [-0.2, -0.15) is 0 Å². The average molecular weight is 253 g/mol. The van der Waals surface area contributed by atoms with E-state index in [1.807, 2.05) is 6.07 Å². The quantitative estimate of drug-likeness (QED) is 0.896. The highest BCUT2D eigenvalue weighted by Crippen LogP contribution is 2.49. The summed E-state index contributed by atoms with van der Waals surface area (Å²) in [5, 5.41) is 9.71.